The predicted molar refractivity (Wildman–Crippen MR) is 76.1 cm³/mol. The van der Waals surface area contributed by atoms with E-state index in [2.05, 4.69) is 17.0 Å². The zero-order chi connectivity index (χ0) is 14.1. The fourth-order valence-electron chi connectivity index (χ4n) is 2.62. The van der Waals surface area contributed by atoms with E-state index < -0.39 is 0 Å². The molecule has 3 rings (SSSR count). The lowest BCUT2D eigenvalue weighted by molar-refractivity contribution is -0.136. The molecule has 0 spiro atoms. The van der Waals surface area contributed by atoms with Crippen molar-refractivity contribution in [2.24, 2.45) is 0 Å². The van der Waals surface area contributed by atoms with Gasteiger partial charge in [-0.3, -0.25) is 14.5 Å². The third kappa shape index (κ3) is 2.15. The highest BCUT2D eigenvalue weighted by molar-refractivity contribution is 6.15. The average molecular weight is 271 g/mol. The minimum atomic E-state index is -0.226. The molecule has 0 aromatic heterocycles. The maximum atomic E-state index is 11.9. The summed E-state index contributed by atoms with van der Waals surface area (Å²) in [7, 11) is 1.52. The second kappa shape index (κ2) is 5.00. The molecule has 2 heterocycles. The number of nitrogens with zero attached hydrogens (tertiary/aromatic N) is 3. The summed E-state index contributed by atoms with van der Waals surface area (Å²) in [5.74, 6) is -0.418. The van der Waals surface area contributed by atoms with Crippen molar-refractivity contribution >= 4 is 17.5 Å². The molecule has 0 unspecified atom stereocenters. The first-order valence-corrected chi connectivity index (χ1v) is 6.75. The number of carbonyl (C=O) groups excluding carboxylic acids is 2. The second-order valence-corrected chi connectivity index (χ2v) is 5.04. The second-order valence-electron chi connectivity index (χ2n) is 5.04. The van der Waals surface area contributed by atoms with E-state index in [0.717, 1.165) is 26.2 Å². The summed E-state index contributed by atoms with van der Waals surface area (Å²) in [5.41, 5.74) is 1.73. The molecule has 2 amide bonds. The molecule has 104 valence electrons. The van der Waals surface area contributed by atoms with E-state index in [0.29, 0.717) is 5.70 Å². The van der Waals surface area contributed by atoms with Gasteiger partial charge in [0.05, 0.1) is 0 Å². The van der Waals surface area contributed by atoms with Crippen molar-refractivity contribution in [1.29, 1.82) is 0 Å². The first-order valence-electron chi connectivity index (χ1n) is 6.75. The van der Waals surface area contributed by atoms with Crippen LogP contribution in [-0.2, 0) is 9.59 Å². The number of anilines is 1. The lowest BCUT2D eigenvalue weighted by Crippen LogP contribution is -2.47. The van der Waals surface area contributed by atoms with Gasteiger partial charge < -0.3 is 9.80 Å². The van der Waals surface area contributed by atoms with E-state index in [9.17, 15) is 9.59 Å². The van der Waals surface area contributed by atoms with Gasteiger partial charge in [0, 0.05) is 45.0 Å². The first-order chi connectivity index (χ1) is 9.66. The summed E-state index contributed by atoms with van der Waals surface area (Å²) in [6.07, 6.45) is 1.44. The van der Waals surface area contributed by atoms with Gasteiger partial charge >= 0.3 is 0 Å². The lowest BCUT2D eigenvalue weighted by atomic mass is 10.2. The normalized spacial score (nSPS) is 19.6. The van der Waals surface area contributed by atoms with Gasteiger partial charge in [-0.05, 0) is 12.1 Å². The maximum Gasteiger partial charge on any atom is 0.276 e. The SMILES string of the molecule is CN1C(=O)C=C(N2CCN(c3ccccc3)CC2)C1=O. The van der Waals surface area contributed by atoms with Crippen LogP contribution in [0.1, 0.15) is 0 Å². The van der Waals surface area contributed by atoms with E-state index in [1.54, 1.807) is 0 Å². The van der Waals surface area contributed by atoms with Crippen LogP contribution in [0.25, 0.3) is 0 Å². The number of amides is 2. The molecule has 0 atom stereocenters. The van der Waals surface area contributed by atoms with Crippen LogP contribution in [0.4, 0.5) is 5.69 Å². The molecule has 5 heteroatoms. The number of para-hydroxylation sites is 1. The Labute approximate surface area is 118 Å². The molecule has 0 bridgehead atoms. The molecule has 20 heavy (non-hydrogen) atoms. The van der Waals surface area contributed by atoms with Crippen LogP contribution in [0.5, 0.6) is 0 Å². The fraction of sp³-hybridized carbons (Fsp3) is 0.333. The van der Waals surface area contributed by atoms with E-state index >= 15 is 0 Å². The third-order valence-electron chi connectivity index (χ3n) is 3.86. The Kier molecular flexibility index (Phi) is 3.18. The summed E-state index contributed by atoms with van der Waals surface area (Å²) >= 11 is 0. The Morgan fingerprint density at radius 1 is 0.900 bits per heavy atom. The highest BCUT2D eigenvalue weighted by Gasteiger charge is 2.32. The molecule has 0 aliphatic carbocycles. The van der Waals surface area contributed by atoms with Crippen molar-refractivity contribution in [3.8, 4) is 0 Å². The number of imide groups is 1. The standard InChI is InChI=1S/C15H17N3O2/c1-16-14(19)11-13(15(16)20)18-9-7-17(8-10-18)12-5-3-2-4-6-12/h2-6,11H,7-10H2,1H3. The molecular weight excluding hydrogens is 254 g/mol. The van der Waals surface area contributed by atoms with Crippen LogP contribution in [-0.4, -0.2) is 54.8 Å². The van der Waals surface area contributed by atoms with Gasteiger partial charge in [-0.1, -0.05) is 18.2 Å². The number of piperazine rings is 1. The largest absolute Gasteiger partial charge is 0.368 e. The fourth-order valence-corrected chi connectivity index (χ4v) is 2.62. The van der Waals surface area contributed by atoms with Gasteiger partial charge in [-0.15, -0.1) is 0 Å². The number of hydrogen-bond donors (Lipinski definition) is 0. The summed E-state index contributed by atoms with van der Waals surface area (Å²) in [4.78, 5) is 28.9. The van der Waals surface area contributed by atoms with Crippen molar-refractivity contribution in [2.75, 3.05) is 38.1 Å². The van der Waals surface area contributed by atoms with Crippen molar-refractivity contribution in [3.63, 3.8) is 0 Å². The molecule has 0 N–H and O–H groups in total. The highest BCUT2D eigenvalue weighted by atomic mass is 16.2. The van der Waals surface area contributed by atoms with Gasteiger partial charge in [0.1, 0.15) is 5.70 Å². The zero-order valence-electron chi connectivity index (χ0n) is 11.5. The van der Waals surface area contributed by atoms with Crippen molar-refractivity contribution in [1.82, 2.24) is 9.80 Å². The number of hydrogen-bond acceptors (Lipinski definition) is 4. The van der Waals surface area contributed by atoms with Crippen molar-refractivity contribution < 1.29 is 9.59 Å². The van der Waals surface area contributed by atoms with Crippen LogP contribution in [0, 0.1) is 0 Å². The topological polar surface area (TPSA) is 43.9 Å². The number of likely N-dealkylation sites (N-methyl/N-ethyl adjacent to an activating group) is 1. The predicted octanol–water partition coefficient (Wildman–Crippen LogP) is 0.691. The van der Waals surface area contributed by atoms with E-state index in [-0.39, 0.29) is 11.8 Å². The molecule has 1 saturated heterocycles. The smallest absolute Gasteiger partial charge is 0.276 e. The molecular formula is C15H17N3O2. The minimum Gasteiger partial charge on any atom is -0.368 e. The molecule has 1 aromatic carbocycles. The Morgan fingerprint density at radius 3 is 2.05 bits per heavy atom. The molecule has 1 fully saturated rings. The van der Waals surface area contributed by atoms with E-state index in [4.69, 9.17) is 0 Å². The monoisotopic (exact) mass is 271 g/mol. The van der Waals surface area contributed by atoms with E-state index in [1.165, 1.54) is 23.7 Å². The quantitative estimate of drug-likeness (QED) is 0.742. The molecule has 1 aromatic rings. The van der Waals surface area contributed by atoms with Crippen molar-refractivity contribution in [3.05, 3.63) is 42.1 Å². The van der Waals surface area contributed by atoms with E-state index in [1.807, 2.05) is 23.1 Å². The molecule has 0 radical (unpaired) electrons. The van der Waals surface area contributed by atoms with Crippen molar-refractivity contribution in [2.45, 2.75) is 0 Å². The minimum absolute atomic E-state index is 0.192. The third-order valence-corrected chi connectivity index (χ3v) is 3.86. The van der Waals surface area contributed by atoms with Crippen LogP contribution in [0.2, 0.25) is 0 Å². The van der Waals surface area contributed by atoms with Crippen LogP contribution < -0.4 is 4.90 Å². The Hall–Kier alpha value is -2.30. The lowest BCUT2D eigenvalue weighted by Gasteiger charge is -2.37. The highest BCUT2D eigenvalue weighted by Crippen LogP contribution is 2.20. The summed E-state index contributed by atoms with van der Waals surface area (Å²) in [6, 6.07) is 10.2. The summed E-state index contributed by atoms with van der Waals surface area (Å²) < 4.78 is 0. The first kappa shape index (κ1) is 12.7. The number of benzene rings is 1. The van der Waals surface area contributed by atoms with Gasteiger partial charge in [0.2, 0.25) is 0 Å². The van der Waals surface area contributed by atoms with Gasteiger partial charge in [0.25, 0.3) is 11.8 Å². The Morgan fingerprint density at radius 2 is 1.50 bits per heavy atom. The molecule has 2 aliphatic heterocycles. The molecule has 0 saturated carbocycles. The van der Waals surface area contributed by atoms with Gasteiger partial charge in [0.15, 0.2) is 0 Å². The number of rotatable bonds is 2. The maximum absolute atomic E-state index is 11.9. The van der Waals surface area contributed by atoms with Crippen LogP contribution >= 0.6 is 0 Å². The molecule has 2 aliphatic rings. The summed E-state index contributed by atoms with van der Waals surface area (Å²) in [5, 5.41) is 0. The number of carbonyl (C=O) groups is 2. The zero-order valence-corrected chi connectivity index (χ0v) is 11.5. The summed E-state index contributed by atoms with van der Waals surface area (Å²) in [6.45, 7) is 3.22. The van der Waals surface area contributed by atoms with Crippen LogP contribution in [0.15, 0.2) is 42.1 Å². The average Bonchev–Trinajstić information content (AvgIpc) is 2.76. The van der Waals surface area contributed by atoms with Gasteiger partial charge in [-0.25, -0.2) is 0 Å². The Balaban J connectivity index is 1.66. The molecule has 5 nitrogen and oxygen atoms in total. The Bertz CT molecular complexity index is 560. The van der Waals surface area contributed by atoms with Gasteiger partial charge in [-0.2, -0.15) is 0 Å². The van der Waals surface area contributed by atoms with Crippen LogP contribution in [0.3, 0.4) is 0 Å².